The summed E-state index contributed by atoms with van der Waals surface area (Å²) in [5.41, 5.74) is 8.10. The van der Waals surface area contributed by atoms with Gasteiger partial charge in [0.05, 0.1) is 11.2 Å². The van der Waals surface area contributed by atoms with Crippen LogP contribution in [0.25, 0.3) is 0 Å². The van der Waals surface area contributed by atoms with Crippen LogP contribution in [0.2, 0.25) is 0 Å². The van der Waals surface area contributed by atoms with Crippen LogP contribution in [0.4, 0.5) is 0 Å². The van der Waals surface area contributed by atoms with Gasteiger partial charge in [0.25, 0.3) is 0 Å². The number of aromatic nitrogens is 1. The highest BCUT2D eigenvalue weighted by Crippen LogP contribution is 2.48. The fourth-order valence-electron chi connectivity index (χ4n) is 1.61. The molecule has 0 radical (unpaired) electrons. The molecular formula is C10H14N2. The molecule has 1 saturated carbocycles. The van der Waals surface area contributed by atoms with E-state index in [0.717, 1.165) is 17.8 Å². The SMILES string of the molecule is Cc1cccc(C2(N)CC2C)n1. The molecule has 2 nitrogen and oxygen atoms in total. The van der Waals surface area contributed by atoms with Crippen molar-refractivity contribution in [2.45, 2.75) is 25.8 Å². The van der Waals surface area contributed by atoms with Gasteiger partial charge in [0.15, 0.2) is 0 Å². The summed E-state index contributed by atoms with van der Waals surface area (Å²) in [6, 6.07) is 6.05. The monoisotopic (exact) mass is 162 g/mol. The van der Waals surface area contributed by atoms with Crippen LogP contribution in [0.15, 0.2) is 18.2 Å². The number of rotatable bonds is 1. The van der Waals surface area contributed by atoms with Crippen LogP contribution >= 0.6 is 0 Å². The van der Waals surface area contributed by atoms with E-state index >= 15 is 0 Å². The molecule has 0 saturated heterocycles. The molecule has 1 aliphatic rings. The Morgan fingerprint density at radius 1 is 1.58 bits per heavy atom. The molecule has 0 aromatic carbocycles. The molecule has 2 unspecified atom stereocenters. The van der Waals surface area contributed by atoms with E-state index in [-0.39, 0.29) is 5.54 Å². The van der Waals surface area contributed by atoms with Gasteiger partial charge in [0.2, 0.25) is 0 Å². The first-order valence-corrected chi connectivity index (χ1v) is 4.36. The molecule has 0 aliphatic heterocycles. The molecule has 1 aromatic heterocycles. The van der Waals surface area contributed by atoms with Crippen molar-refractivity contribution in [1.82, 2.24) is 4.98 Å². The number of pyridine rings is 1. The predicted octanol–water partition coefficient (Wildman–Crippen LogP) is 1.58. The molecule has 2 N–H and O–H groups in total. The van der Waals surface area contributed by atoms with Crippen molar-refractivity contribution in [1.29, 1.82) is 0 Å². The minimum atomic E-state index is -0.119. The lowest BCUT2D eigenvalue weighted by Gasteiger charge is -2.09. The number of nitrogens with zero attached hydrogens (tertiary/aromatic N) is 1. The largest absolute Gasteiger partial charge is 0.320 e. The summed E-state index contributed by atoms with van der Waals surface area (Å²) in [6.45, 7) is 4.17. The summed E-state index contributed by atoms with van der Waals surface area (Å²) < 4.78 is 0. The third-order valence-electron chi connectivity index (χ3n) is 2.73. The number of nitrogens with two attached hydrogens (primary N) is 1. The van der Waals surface area contributed by atoms with Crippen molar-refractivity contribution in [3.05, 3.63) is 29.6 Å². The van der Waals surface area contributed by atoms with E-state index in [1.54, 1.807) is 0 Å². The van der Waals surface area contributed by atoms with Gasteiger partial charge in [-0.1, -0.05) is 13.0 Å². The van der Waals surface area contributed by atoms with Crippen molar-refractivity contribution in [3.63, 3.8) is 0 Å². The third-order valence-corrected chi connectivity index (χ3v) is 2.73. The fraction of sp³-hybridized carbons (Fsp3) is 0.500. The van der Waals surface area contributed by atoms with Crippen molar-refractivity contribution < 1.29 is 0 Å². The summed E-state index contributed by atoms with van der Waals surface area (Å²) in [5, 5.41) is 0. The minimum absolute atomic E-state index is 0.119. The Labute approximate surface area is 72.8 Å². The lowest BCUT2D eigenvalue weighted by Crippen LogP contribution is -2.23. The minimum Gasteiger partial charge on any atom is -0.320 e. The highest BCUT2D eigenvalue weighted by molar-refractivity contribution is 5.26. The van der Waals surface area contributed by atoms with Gasteiger partial charge < -0.3 is 5.73 Å². The quantitative estimate of drug-likeness (QED) is 0.681. The number of hydrogen-bond acceptors (Lipinski definition) is 2. The number of hydrogen-bond donors (Lipinski definition) is 1. The Morgan fingerprint density at radius 2 is 2.25 bits per heavy atom. The van der Waals surface area contributed by atoms with Gasteiger partial charge in [0, 0.05) is 5.69 Å². The topological polar surface area (TPSA) is 38.9 Å². The van der Waals surface area contributed by atoms with Gasteiger partial charge in [-0.05, 0) is 31.4 Å². The van der Waals surface area contributed by atoms with Gasteiger partial charge >= 0.3 is 0 Å². The van der Waals surface area contributed by atoms with Crippen molar-refractivity contribution in [2.24, 2.45) is 11.7 Å². The molecule has 2 rings (SSSR count). The van der Waals surface area contributed by atoms with Crippen molar-refractivity contribution in [3.8, 4) is 0 Å². The van der Waals surface area contributed by atoms with Crippen LogP contribution in [0.5, 0.6) is 0 Å². The zero-order valence-corrected chi connectivity index (χ0v) is 7.54. The molecule has 12 heavy (non-hydrogen) atoms. The first-order valence-electron chi connectivity index (χ1n) is 4.36. The van der Waals surface area contributed by atoms with E-state index in [1.807, 2.05) is 25.1 Å². The molecule has 1 aliphatic carbocycles. The Hall–Kier alpha value is -0.890. The molecule has 1 fully saturated rings. The van der Waals surface area contributed by atoms with E-state index in [1.165, 1.54) is 0 Å². The van der Waals surface area contributed by atoms with Crippen LogP contribution in [0.3, 0.4) is 0 Å². The summed E-state index contributed by atoms with van der Waals surface area (Å²) >= 11 is 0. The summed E-state index contributed by atoms with van der Waals surface area (Å²) in [5.74, 6) is 0.590. The zero-order valence-electron chi connectivity index (χ0n) is 7.54. The molecule has 1 heterocycles. The average molecular weight is 162 g/mol. The molecule has 2 atom stereocenters. The first kappa shape index (κ1) is 7.74. The molecule has 2 heteroatoms. The van der Waals surface area contributed by atoms with Gasteiger partial charge in [-0.3, -0.25) is 4.98 Å². The van der Waals surface area contributed by atoms with Crippen molar-refractivity contribution in [2.75, 3.05) is 0 Å². The maximum Gasteiger partial charge on any atom is 0.0613 e. The summed E-state index contributed by atoms with van der Waals surface area (Å²) in [6.07, 6.45) is 1.07. The zero-order chi connectivity index (χ0) is 8.77. The second-order valence-corrected chi connectivity index (χ2v) is 3.81. The highest BCUT2D eigenvalue weighted by Gasteiger charge is 2.50. The van der Waals surface area contributed by atoms with E-state index in [4.69, 9.17) is 5.73 Å². The Morgan fingerprint density at radius 3 is 2.75 bits per heavy atom. The first-order chi connectivity index (χ1) is 5.63. The second-order valence-electron chi connectivity index (χ2n) is 3.81. The maximum atomic E-state index is 6.12. The van der Waals surface area contributed by atoms with E-state index in [0.29, 0.717) is 5.92 Å². The molecule has 1 aromatic rings. The Kier molecular flexibility index (Phi) is 1.48. The standard InChI is InChI=1S/C10H14N2/c1-7-6-10(7,11)9-5-3-4-8(2)12-9/h3-5,7H,6,11H2,1-2H3. The van der Waals surface area contributed by atoms with Crippen LogP contribution in [0.1, 0.15) is 24.7 Å². The Balaban J connectivity index is 2.36. The summed E-state index contributed by atoms with van der Waals surface area (Å²) in [4.78, 5) is 4.43. The summed E-state index contributed by atoms with van der Waals surface area (Å²) in [7, 11) is 0. The predicted molar refractivity (Wildman–Crippen MR) is 48.6 cm³/mol. The Bertz CT molecular complexity index is 308. The molecule has 0 spiro atoms. The molecule has 0 amide bonds. The van der Waals surface area contributed by atoms with Crippen molar-refractivity contribution >= 4 is 0 Å². The van der Waals surface area contributed by atoms with Gasteiger partial charge in [-0.25, -0.2) is 0 Å². The smallest absolute Gasteiger partial charge is 0.0613 e. The van der Waals surface area contributed by atoms with Gasteiger partial charge in [-0.2, -0.15) is 0 Å². The fourth-order valence-corrected chi connectivity index (χ4v) is 1.61. The number of aryl methyl sites for hydroxylation is 1. The lowest BCUT2D eigenvalue weighted by atomic mass is 10.1. The highest BCUT2D eigenvalue weighted by atomic mass is 14.9. The molecule has 64 valence electrons. The second kappa shape index (κ2) is 2.30. The van der Waals surface area contributed by atoms with Crippen LogP contribution in [-0.4, -0.2) is 4.98 Å². The van der Waals surface area contributed by atoms with Gasteiger partial charge in [0.1, 0.15) is 0 Å². The van der Waals surface area contributed by atoms with E-state index in [2.05, 4.69) is 11.9 Å². The van der Waals surface area contributed by atoms with Crippen LogP contribution < -0.4 is 5.73 Å². The van der Waals surface area contributed by atoms with Crippen LogP contribution in [-0.2, 0) is 5.54 Å². The van der Waals surface area contributed by atoms with E-state index in [9.17, 15) is 0 Å². The molecule has 0 bridgehead atoms. The van der Waals surface area contributed by atoms with Gasteiger partial charge in [-0.15, -0.1) is 0 Å². The van der Waals surface area contributed by atoms with Crippen LogP contribution in [0, 0.1) is 12.8 Å². The third kappa shape index (κ3) is 1.03. The maximum absolute atomic E-state index is 6.12. The molecular weight excluding hydrogens is 148 g/mol. The normalized spacial score (nSPS) is 33.4. The lowest BCUT2D eigenvalue weighted by molar-refractivity contribution is 0.639. The van der Waals surface area contributed by atoms with E-state index < -0.39 is 0 Å². The average Bonchev–Trinajstić information content (AvgIpc) is 2.61.